The number of carbonyl (C=O) groups excluding carboxylic acids is 3. The molecule has 0 fully saturated rings. The summed E-state index contributed by atoms with van der Waals surface area (Å²) in [4.78, 5) is 40.3. The van der Waals surface area contributed by atoms with Gasteiger partial charge < -0.3 is 14.2 Å². The molecule has 0 spiro atoms. The number of alkyl halides is 6. The highest BCUT2D eigenvalue weighted by Crippen LogP contribution is 2.45. The van der Waals surface area contributed by atoms with Crippen LogP contribution in [0.4, 0.5) is 41.6 Å². The SMILES string of the molecule is CCOC(=O)N1c2cc3c(cc2[C@@H](N(Cc2cc(C(F)(F)F)cc(C(F)(F)F)c2)C(=O)OC)C[C@H]1C)COC3=O. The third-order valence-corrected chi connectivity index (χ3v) is 6.71. The minimum atomic E-state index is -5.08. The number of benzene rings is 2. The van der Waals surface area contributed by atoms with Crippen molar-refractivity contribution in [1.29, 1.82) is 0 Å². The van der Waals surface area contributed by atoms with E-state index < -0.39 is 65.8 Å². The van der Waals surface area contributed by atoms with Crippen LogP contribution in [0.25, 0.3) is 0 Å². The zero-order valence-electron chi connectivity index (χ0n) is 21.5. The van der Waals surface area contributed by atoms with Crippen molar-refractivity contribution in [1.82, 2.24) is 4.90 Å². The van der Waals surface area contributed by atoms with E-state index in [1.54, 1.807) is 13.8 Å². The summed E-state index contributed by atoms with van der Waals surface area (Å²) < 4.78 is 96.0. The Hall–Kier alpha value is -3.97. The van der Waals surface area contributed by atoms with E-state index in [-0.39, 0.29) is 37.0 Å². The van der Waals surface area contributed by atoms with E-state index in [1.165, 1.54) is 17.0 Å². The summed E-state index contributed by atoms with van der Waals surface area (Å²) in [5, 5.41) is 0. The third kappa shape index (κ3) is 5.52. The van der Waals surface area contributed by atoms with Gasteiger partial charge in [0.1, 0.15) is 6.61 Å². The molecule has 0 unspecified atom stereocenters. The van der Waals surface area contributed by atoms with Crippen LogP contribution in [-0.4, -0.2) is 42.8 Å². The maximum atomic E-state index is 13.5. The maximum Gasteiger partial charge on any atom is 0.416 e. The molecule has 40 heavy (non-hydrogen) atoms. The van der Waals surface area contributed by atoms with Crippen LogP contribution in [0.1, 0.15) is 64.5 Å². The molecule has 8 nitrogen and oxygen atoms in total. The standard InChI is InChI=1S/C26H24F6N2O6/c1-4-39-24(37)34-13(2)5-20(19-8-15-12-40-22(35)18(15)10-21(19)34)33(23(36)38-3)11-14-6-16(25(27,28)29)9-17(7-14)26(30,31)32/h6-10,13,20H,4-5,11-12H2,1-3H3/t13-,20+/m1/s1. The predicted molar refractivity (Wildman–Crippen MR) is 126 cm³/mol. The number of rotatable bonds is 4. The molecule has 4 rings (SSSR count). The van der Waals surface area contributed by atoms with Crippen molar-refractivity contribution in [2.75, 3.05) is 18.6 Å². The van der Waals surface area contributed by atoms with Gasteiger partial charge in [-0.05, 0) is 61.7 Å². The van der Waals surface area contributed by atoms with Crippen LogP contribution in [0.3, 0.4) is 0 Å². The van der Waals surface area contributed by atoms with E-state index in [1.807, 2.05) is 0 Å². The lowest BCUT2D eigenvalue weighted by Gasteiger charge is -2.42. The Morgan fingerprint density at radius 2 is 1.68 bits per heavy atom. The normalized spacial score (nSPS) is 18.5. The lowest BCUT2D eigenvalue weighted by atomic mass is 9.88. The molecular weight excluding hydrogens is 550 g/mol. The Labute approximate surface area is 224 Å². The molecule has 2 amide bonds. The molecule has 0 saturated heterocycles. The van der Waals surface area contributed by atoms with Crippen LogP contribution < -0.4 is 4.90 Å². The second-order valence-corrected chi connectivity index (χ2v) is 9.33. The highest BCUT2D eigenvalue weighted by Gasteiger charge is 2.42. The monoisotopic (exact) mass is 574 g/mol. The van der Waals surface area contributed by atoms with E-state index in [0.717, 1.165) is 12.0 Å². The Bertz CT molecular complexity index is 1310. The van der Waals surface area contributed by atoms with Gasteiger partial charge in [-0.25, -0.2) is 14.4 Å². The lowest BCUT2D eigenvalue weighted by Crippen LogP contribution is -2.47. The van der Waals surface area contributed by atoms with Gasteiger partial charge in [-0.15, -0.1) is 0 Å². The summed E-state index contributed by atoms with van der Waals surface area (Å²) in [5.74, 6) is -0.634. The second kappa shape index (κ2) is 10.5. The summed E-state index contributed by atoms with van der Waals surface area (Å²) in [5.41, 5.74) is -2.36. The van der Waals surface area contributed by atoms with Crippen LogP contribution in [0, 0.1) is 0 Å². The highest BCUT2D eigenvalue weighted by molar-refractivity contribution is 5.98. The fourth-order valence-electron chi connectivity index (χ4n) is 4.94. The Balaban J connectivity index is 1.85. The van der Waals surface area contributed by atoms with Gasteiger partial charge in [0.25, 0.3) is 0 Å². The summed E-state index contributed by atoms with van der Waals surface area (Å²) >= 11 is 0. The molecule has 0 saturated carbocycles. The van der Waals surface area contributed by atoms with E-state index in [9.17, 15) is 40.7 Å². The largest absolute Gasteiger partial charge is 0.457 e. The van der Waals surface area contributed by atoms with Crippen molar-refractivity contribution in [3.63, 3.8) is 0 Å². The first-order valence-corrected chi connectivity index (χ1v) is 12.1. The minimum absolute atomic E-state index is 0.00149. The number of fused-ring (bicyclic) bond motifs is 2. The molecule has 2 heterocycles. The molecule has 0 aliphatic carbocycles. The van der Waals surface area contributed by atoms with Gasteiger partial charge in [-0.1, -0.05) is 0 Å². The predicted octanol–water partition coefficient (Wildman–Crippen LogP) is 6.46. The zero-order chi connectivity index (χ0) is 29.6. The number of hydrogen-bond donors (Lipinski definition) is 0. The van der Waals surface area contributed by atoms with Gasteiger partial charge in [0.2, 0.25) is 0 Å². The molecule has 0 bridgehead atoms. The summed E-state index contributed by atoms with van der Waals surface area (Å²) in [6.07, 6.45) is -11.9. The second-order valence-electron chi connectivity index (χ2n) is 9.33. The van der Waals surface area contributed by atoms with E-state index in [4.69, 9.17) is 14.2 Å². The van der Waals surface area contributed by atoms with Crippen LogP contribution in [0.15, 0.2) is 30.3 Å². The topological polar surface area (TPSA) is 85.4 Å². The molecular formula is C26H24F6N2O6. The fourth-order valence-corrected chi connectivity index (χ4v) is 4.94. The number of carbonyl (C=O) groups is 3. The molecule has 2 atom stereocenters. The van der Waals surface area contributed by atoms with Crippen molar-refractivity contribution in [2.24, 2.45) is 0 Å². The van der Waals surface area contributed by atoms with Gasteiger partial charge in [0.15, 0.2) is 0 Å². The number of esters is 1. The van der Waals surface area contributed by atoms with Gasteiger partial charge in [-0.3, -0.25) is 9.80 Å². The van der Waals surface area contributed by atoms with E-state index >= 15 is 0 Å². The fraction of sp³-hybridized carbons (Fsp3) is 0.423. The van der Waals surface area contributed by atoms with Crippen LogP contribution in [0.2, 0.25) is 0 Å². The lowest BCUT2D eigenvalue weighted by molar-refractivity contribution is -0.143. The number of amides is 2. The molecule has 216 valence electrons. The number of nitrogens with zero attached hydrogens (tertiary/aromatic N) is 2. The van der Waals surface area contributed by atoms with Gasteiger partial charge in [0.05, 0.1) is 42.1 Å². The molecule has 0 aromatic heterocycles. The third-order valence-electron chi connectivity index (χ3n) is 6.71. The van der Waals surface area contributed by atoms with Crippen molar-refractivity contribution < 1.29 is 54.9 Å². The number of hydrogen-bond acceptors (Lipinski definition) is 6. The Morgan fingerprint density at radius 3 is 2.23 bits per heavy atom. The molecule has 2 aliphatic heterocycles. The molecule has 2 aromatic rings. The first-order valence-electron chi connectivity index (χ1n) is 12.1. The average Bonchev–Trinajstić information content (AvgIpc) is 3.23. The zero-order valence-corrected chi connectivity index (χ0v) is 21.5. The number of methoxy groups -OCH3 is 1. The number of ether oxygens (including phenoxy) is 3. The minimum Gasteiger partial charge on any atom is -0.457 e. The van der Waals surface area contributed by atoms with Gasteiger partial charge in [-0.2, -0.15) is 26.3 Å². The van der Waals surface area contributed by atoms with Gasteiger partial charge in [0, 0.05) is 18.2 Å². The number of anilines is 1. The average molecular weight is 574 g/mol. The molecule has 14 heteroatoms. The van der Waals surface area contributed by atoms with E-state index in [0.29, 0.717) is 23.3 Å². The highest BCUT2D eigenvalue weighted by atomic mass is 19.4. The smallest absolute Gasteiger partial charge is 0.416 e. The molecule has 2 aromatic carbocycles. The summed E-state index contributed by atoms with van der Waals surface area (Å²) in [7, 11) is 1.02. The Kier molecular flexibility index (Phi) is 7.65. The van der Waals surface area contributed by atoms with Gasteiger partial charge >= 0.3 is 30.5 Å². The van der Waals surface area contributed by atoms with Crippen LogP contribution in [0.5, 0.6) is 0 Å². The van der Waals surface area contributed by atoms with Crippen LogP contribution >= 0.6 is 0 Å². The quantitative estimate of drug-likeness (QED) is 0.237. The first-order chi connectivity index (χ1) is 18.6. The maximum absolute atomic E-state index is 13.5. The number of cyclic esters (lactones) is 1. The van der Waals surface area contributed by atoms with Crippen molar-refractivity contribution in [3.05, 3.63) is 63.7 Å². The summed E-state index contributed by atoms with van der Waals surface area (Å²) in [6, 6.07) is 2.39. The van der Waals surface area contributed by atoms with E-state index in [2.05, 4.69) is 0 Å². The molecule has 0 radical (unpaired) electrons. The Morgan fingerprint density at radius 1 is 1.05 bits per heavy atom. The molecule has 0 N–H and O–H groups in total. The van der Waals surface area contributed by atoms with Crippen LogP contribution in [-0.2, 0) is 39.7 Å². The number of halogens is 6. The van der Waals surface area contributed by atoms with Crippen molar-refractivity contribution >= 4 is 23.8 Å². The summed E-state index contributed by atoms with van der Waals surface area (Å²) in [6.45, 7) is 2.49. The van der Waals surface area contributed by atoms with Crippen molar-refractivity contribution in [2.45, 2.75) is 57.9 Å². The first kappa shape index (κ1) is 29.0. The van der Waals surface area contributed by atoms with Crippen molar-refractivity contribution in [3.8, 4) is 0 Å². The molecule has 2 aliphatic rings.